The molecule has 0 aliphatic heterocycles. The van der Waals surface area contributed by atoms with Gasteiger partial charge in [0.25, 0.3) is 5.56 Å². The maximum absolute atomic E-state index is 13.0. The first-order valence-corrected chi connectivity index (χ1v) is 9.53. The SMILES string of the molecule is O=C(O)CC(C(=O)O)n1c(=Cc2ccc(O)cc2)sc(=Cc2ccc(O)cc2)c1=O. The predicted octanol–water partition coefficient (Wildman–Crippen LogP) is 1.08. The lowest BCUT2D eigenvalue weighted by Gasteiger charge is -2.11. The molecule has 0 bridgehead atoms. The Kier molecular flexibility index (Phi) is 6.03. The zero-order valence-corrected chi connectivity index (χ0v) is 16.2. The maximum atomic E-state index is 13.0. The molecule has 1 atom stereocenters. The minimum atomic E-state index is -1.59. The number of aliphatic carboxylic acids is 2. The van der Waals surface area contributed by atoms with Crippen LogP contribution in [0.4, 0.5) is 0 Å². The maximum Gasteiger partial charge on any atom is 0.327 e. The normalized spacial score (nSPS) is 13.3. The molecule has 0 radical (unpaired) electrons. The van der Waals surface area contributed by atoms with Crippen LogP contribution in [0.25, 0.3) is 12.2 Å². The molecule has 0 saturated carbocycles. The molecule has 154 valence electrons. The van der Waals surface area contributed by atoms with E-state index in [0.717, 1.165) is 15.9 Å². The summed E-state index contributed by atoms with van der Waals surface area (Å²) in [5.41, 5.74) is 0.574. The number of hydrogen-bond donors (Lipinski definition) is 4. The lowest BCUT2D eigenvalue weighted by molar-refractivity contribution is -0.147. The third-order valence-corrected chi connectivity index (χ3v) is 5.26. The molecular formula is C21H17NO7S. The van der Waals surface area contributed by atoms with Crippen LogP contribution in [-0.2, 0) is 9.59 Å². The molecule has 3 rings (SSSR count). The number of carboxylic acids is 2. The van der Waals surface area contributed by atoms with Crippen LogP contribution >= 0.6 is 11.3 Å². The van der Waals surface area contributed by atoms with Gasteiger partial charge in [-0.1, -0.05) is 24.3 Å². The van der Waals surface area contributed by atoms with E-state index in [1.807, 2.05) is 0 Å². The number of phenolic OH excluding ortho intramolecular Hbond substituents is 2. The van der Waals surface area contributed by atoms with Gasteiger partial charge in [0.2, 0.25) is 0 Å². The molecule has 0 fully saturated rings. The largest absolute Gasteiger partial charge is 0.508 e. The highest BCUT2D eigenvalue weighted by atomic mass is 32.1. The molecule has 0 aliphatic rings. The molecule has 0 aliphatic carbocycles. The number of hydrogen-bond acceptors (Lipinski definition) is 6. The van der Waals surface area contributed by atoms with Crippen LogP contribution in [0, 0.1) is 0 Å². The minimum absolute atomic E-state index is 0.0476. The van der Waals surface area contributed by atoms with Crippen molar-refractivity contribution in [3.8, 4) is 11.5 Å². The number of carbonyl (C=O) groups is 2. The minimum Gasteiger partial charge on any atom is -0.508 e. The third-order valence-electron chi connectivity index (χ3n) is 4.22. The summed E-state index contributed by atoms with van der Waals surface area (Å²) in [4.78, 5) is 35.9. The van der Waals surface area contributed by atoms with Gasteiger partial charge in [-0.25, -0.2) is 4.79 Å². The van der Waals surface area contributed by atoms with E-state index in [1.54, 1.807) is 30.3 Å². The molecule has 0 amide bonds. The fraction of sp³-hybridized carbons (Fsp3) is 0.0952. The molecular weight excluding hydrogens is 410 g/mol. The van der Waals surface area contributed by atoms with Gasteiger partial charge in [-0.05, 0) is 47.5 Å². The van der Waals surface area contributed by atoms with Gasteiger partial charge >= 0.3 is 11.9 Å². The van der Waals surface area contributed by atoms with Crippen molar-refractivity contribution in [1.82, 2.24) is 4.57 Å². The Hall–Kier alpha value is -3.85. The molecule has 0 saturated heterocycles. The topological polar surface area (TPSA) is 137 Å². The van der Waals surface area contributed by atoms with Gasteiger partial charge < -0.3 is 20.4 Å². The van der Waals surface area contributed by atoms with E-state index in [0.29, 0.717) is 11.1 Å². The van der Waals surface area contributed by atoms with Gasteiger partial charge in [0.1, 0.15) is 17.5 Å². The van der Waals surface area contributed by atoms with Gasteiger partial charge in [0, 0.05) is 0 Å². The van der Waals surface area contributed by atoms with E-state index in [-0.39, 0.29) is 20.7 Å². The average molecular weight is 427 g/mol. The standard InChI is InChI=1S/C21H17NO7S/c23-14-5-1-12(2-6-14)9-17-20(27)22(16(21(28)29)11-19(25)26)18(30-17)10-13-3-7-15(24)8-4-13/h1-10,16,23-24H,11H2,(H,25,26)(H,28,29). The first-order chi connectivity index (χ1) is 14.2. The number of rotatable bonds is 6. The van der Waals surface area contributed by atoms with Gasteiger partial charge in [-0.2, -0.15) is 0 Å². The first kappa shape index (κ1) is 20.9. The van der Waals surface area contributed by atoms with Crippen LogP contribution in [0.2, 0.25) is 0 Å². The third kappa shape index (κ3) is 4.76. The summed E-state index contributed by atoms with van der Waals surface area (Å²) in [6, 6.07) is 10.5. The van der Waals surface area contributed by atoms with Crippen molar-refractivity contribution in [3.63, 3.8) is 0 Å². The average Bonchev–Trinajstić information content (AvgIpc) is 2.98. The van der Waals surface area contributed by atoms with E-state index in [9.17, 15) is 29.7 Å². The summed E-state index contributed by atoms with van der Waals surface area (Å²) in [5, 5.41) is 37.5. The Labute approximate surface area is 173 Å². The molecule has 1 aromatic heterocycles. The zero-order chi connectivity index (χ0) is 21.8. The van der Waals surface area contributed by atoms with E-state index in [2.05, 4.69) is 0 Å². The Morgan fingerprint density at radius 2 is 1.40 bits per heavy atom. The monoisotopic (exact) mass is 427 g/mol. The number of phenols is 2. The highest BCUT2D eigenvalue weighted by Crippen LogP contribution is 2.12. The van der Waals surface area contributed by atoms with E-state index in [1.165, 1.54) is 30.3 Å². The summed E-state index contributed by atoms with van der Waals surface area (Å²) in [6.07, 6.45) is 2.33. The number of benzene rings is 2. The lowest BCUT2D eigenvalue weighted by atomic mass is 10.2. The van der Waals surface area contributed by atoms with Crippen LogP contribution in [0.5, 0.6) is 11.5 Å². The van der Waals surface area contributed by atoms with Gasteiger partial charge in [0.15, 0.2) is 0 Å². The number of aromatic hydroxyl groups is 2. The Balaban J connectivity index is 2.27. The fourth-order valence-corrected chi connectivity index (χ4v) is 3.91. The van der Waals surface area contributed by atoms with Gasteiger partial charge in [0.05, 0.1) is 15.6 Å². The van der Waals surface area contributed by atoms with Gasteiger partial charge in [-0.3, -0.25) is 14.2 Å². The quantitative estimate of drug-likeness (QED) is 0.462. The smallest absolute Gasteiger partial charge is 0.327 e. The molecule has 30 heavy (non-hydrogen) atoms. The van der Waals surface area contributed by atoms with Crippen LogP contribution in [-0.4, -0.2) is 36.9 Å². The number of carboxylic acid groups (broad SMARTS) is 2. The molecule has 9 heteroatoms. The number of nitrogens with zero attached hydrogens (tertiary/aromatic N) is 1. The highest BCUT2D eigenvalue weighted by Gasteiger charge is 2.26. The predicted molar refractivity (Wildman–Crippen MR) is 110 cm³/mol. The Bertz CT molecular complexity index is 1250. The van der Waals surface area contributed by atoms with Crippen molar-refractivity contribution in [2.75, 3.05) is 0 Å². The first-order valence-electron chi connectivity index (χ1n) is 8.72. The molecule has 2 aromatic carbocycles. The van der Waals surface area contributed by atoms with E-state index in [4.69, 9.17) is 5.11 Å². The summed E-state index contributed by atoms with van der Waals surface area (Å²) in [6.45, 7) is 0. The highest BCUT2D eigenvalue weighted by molar-refractivity contribution is 7.07. The van der Waals surface area contributed by atoms with Crippen LogP contribution < -0.4 is 14.8 Å². The van der Waals surface area contributed by atoms with Crippen LogP contribution in [0.1, 0.15) is 23.6 Å². The second kappa shape index (κ2) is 8.66. The van der Waals surface area contributed by atoms with Crippen molar-refractivity contribution >= 4 is 35.4 Å². The van der Waals surface area contributed by atoms with Crippen LogP contribution in [0.3, 0.4) is 0 Å². The van der Waals surface area contributed by atoms with E-state index >= 15 is 0 Å². The second-order valence-corrected chi connectivity index (χ2v) is 7.47. The second-order valence-electron chi connectivity index (χ2n) is 6.40. The van der Waals surface area contributed by atoms with Crippen LogP contribution in [0.15, 0.2) is 53.3 Å². The summed E-state index contributed by atoms with van der Waals surface area (Å²) in [5.74, 6) is -2.68. The van der Waals surface area contributed by atoms with Crippen molar-refractivity contribution in [2.24, 2.45) is 0 Å². The molecule has 8 nitrogen and oxygen atoms in total. The fourth-order valence-electron chi connectivity index (χ4n) is 2.80. The molecule has 1 unspecified atom stereocenters. The Morgan fingerprint density at radius 3 is 1.87 bits per heavy atom. The van der Waals surface area contributed by atoms with Crippen molar-refractivity contribution < 1.29 is 30.0 Å². The lowest BCUT2D eigenvalue weighted by Crippen LogP contribution is -2.39. The molecule has 1 heterocycles. The van der Waals surface area contributed by atoms with Gasteiger partial charge in [-0.15, -0.1) is 11.3 Å². The van der Waals surface area contributed by atoms with E-state index < -0.39 is 30.0 Å². The Morgan fingerprint density at radius 1 is 0.900 bits per heavy atom. The van der Waals surface area contributed by atoms with Crippen molar-refractivity contribution in [3.05, 3.63) is 79.2 Å². The number of thiazole rings is 1. The van der Waals surface area contributed by atoms with Crippen molar-refractivity contribution in [2.45, 2.75) is 12.5 Å². The molecule has 4 N–H and O–H groups in total. The van der Waals surface area contributed by atoms with Crippen molar-refractivity contribution in [1.29, 1.82) is 0 Å². The molecule has 0 spiro atoms. The summed E-state index contributed by atoms with van der Waals surface area (Å²) >= 11 is 1.02. The summed E-state index contributed by atoms with van der Waals surface area (Å²) < 4.78 is 1.42. The number of aromatic nitrogens is 1. The molecule has 3 aromatic rings. The zero-order valence-electron chi connectivity index (χ0n) is 15.4. The summed E-state index contributed by atoms with van der Waals surface area (Å²) in [7, 11) is 0.